The summed E-state index contributed by atoms with van der Waals surface area (Å²) in [5, 5.41) is 9.01. The number of hydrogen-bond acceptors (Lipinski definition) is 4. The molecule has 1 saturated carbocycles. The van der Waals surface area contributed by atoms with Crippen LogP contribution in [-0.4, -0.2) is 62.4 Å². The third-order valence-corrected chi connectivity index (χ3v) is 4.08. The van der Waals surface area contributed by atoms with Crippen LogP contribution in [-0.2, 0) is 19.1 Å². The number of amides is 1. The van der Waals surface area contributed by atoms with E-state index in [9.17, 15) is 9.59 Å². The van der Waals surface area contributed by atoms with Crippen molar-refractivity contribution in [3.05, 3.63) is 0 Å². The predicted molar refractivity (Wildman–Crippen MR) is 78.0 cm³/mol. The molecule has 0 aromatic rings. The summed E-state index contributed by atoms with van der Waals surface area (Å²) in [5.41, 5.74) is 0. The van der Waals surface area contributed by atoms with Crippen LogP contribution in [0.3, 0.4) is 0 Å². The van der Waals surface area contributed by atoms with Crippen LogP contribution in [0.25, 0.3) is 0 Å². The number of carboxylic acids is 1. The zero-order valence-electron chi connectivity index (χ0n) is 13.0. The van der Waals surface area contributed by atoms with Gasteiger partial charge in [-0.2, -0.15) is 0 Å². The van der Waals surface area contributed by atoms with Gasteiger partial charge in [-0.05, 0) is 32.1 Å². The number of rotatable bonds is 9. The monoisotopic (exact) mass is 301 g/mol. The van der Waals surface area contributed by atoms with Crippen molar-refractivity contribution in [1.29, 1.82) is 0 Å². The van der Waals surface area contributed by atoms with Crippen LogP contribution >= 0.6 is 0 Å². The normalized spacial score (nSPS) is 22.0. The Labute approximate surface area is 126 Å². The van der Waals surface area contributed by atoms with Crippen molar-refractivity contribution in [1.82, 2.24) is 4.90 Å². The Kier molecular flexibility index (Phi) is 8.30. The zero-order chi connectivity index (χ0) is 15.7. The van der Waals surface area contributed by atoms with E-state index in [2.05, 4.69) is 0 Å². The van der Waals surface area contributed by atoms with E-state index < -0.39 is 5.97 Å². The van der Waals surface area contributed by atoms with Gasteiger partial charge in [0.1, 0.15) is 0 Å². The minimum atomic E-state index is -0.739. The quantitative estimate of drug-likeness (QED) is 0.651. The minimum Gasteiger partial charge on any atom is -0.481 e. The molecule has 0 unspecified atom stereocenters. The van der Waals surface area contributed by atoms with Gasteiger partial charge < -0.3 is 19.5 Å². The van der Waals surface area contributed by atoms with Gasteiger partial charge in [-0.1, -0.05) is 0 Å². The van der Waals surface area contributed by atoms with Crippen LogP contribution in [0.4, 0.5) is 0 Å². The fourth-order valence-electron chi connectivity index (χ4n) is 2.78. The van der Waals surface area contributed by atoms with Gasteiger partial charge in [0.05, 0.1) is 12.5 Å². The molecule has 6 nitrogen and oxygen atoms in total. The van der Waals surface area contributed by atoms with Crippen molar-refractivity contribution in [2.24, 2.45) is 11.8 Å². The fourth-order valence-corrected chi connectivity index (χ4v) is 2.78. The van der Waals surface area contributed by atoms with Gasteiger partial charge in [0.15, 0.2) is 0 Å². The third-order valence-electron chi connectivity index (χ3n) is 4.08. The Morgan fingerprint density at radius 3 is 2.10 bits per heavy atom. The van der Waals surface area contributed by atoms with E-state index in [1.165, 1.54) is 0 Å². The molecule has 0 saturated heterocycles. The van der Waals surface area contributed by atoms with E-state index >= 15 is 0 Å². The molecule has 0 bridgehead atoms. The van der Waals surface area contributed by atoms with E-state index in [4.69, 9.17) is 14.6 Å². The molecular weight excluding hydrogens is 274 g/mol. The highest BCUT2D eigenvalue weighted by atomic mass is 16.5. The number of nitrogens with zero attached hydrogens (tertiary/aromatic N) is 1. The lowest BCUT2D eigenvalue weighted by Crippen LogP contribution is -2.41. The first-order valence-corrected chi connectivity index (χ1v) is 7.59. The molecule has 122 valence electrons. The molecule has 21 heavy (non-hydrogen) atoms. The van der Waals surface area contributed by atoms with Crippen LogP contribution in [0.2, 0.25) is 0 Å². The third kappa shape index (κ3) is 6.01. The smallest absolute Gasteiger partial charge is 0.306 e. The molecule has 6 heteroatoms. The van der Waals surface area contributed by atoms with E-state index in [0.29, 0.717) is 52.0 Å². The number of carbonyl (C=O) groups excluding carboxylic acids is 1. The fraction of sp³-hybridized carbons (Fsp3) is 0.867. The van der Waals surface area contributed by atoms with Crippen LogP contribution in [0.1, 0.15) is 32.1 Å². The second-order valence-electron chi connectivity index (χ2n) is 5.55. The van der Waals surface area contributed by atoms with E-state index in [1.807, 2.05) is 4.90 Å². The molecule has 0 aromatic heterocycles. The number of ether oxygens (including phenoxy) is 2. The van der Waals surface area contributed by atoms with Crippen molar-refractivity contribution >= 4 is 11.9 Å². The highest BCUT2D eigenvalue weighted by molar-refractivity contribution is 5.79. The van der Waals surface area contributed by atoms with Crippen molar-refractivity contribution in [3.8, 4) is 0 Å². The molecular formula is C15H27NO5. The van der Waals surface area contributed by atoms with Crippen LogP contribution < -0.4 is 0 Å². The van der Waals surface area contributed by atoms with Crippen LogP contribution in [0, 0.1) is 11.8 Å². The topological polar surface area (TPSA) is 76.1 Å². The van der Waals surface area contributed by atoms with Crippen molar-refractivity contribution < 1.29 is 24.2 Å². The van der Waals surface area contributed by atoms with E-state index in [0.717, 1.165) is 6.42 Å². The maximum absolute atomic E-state index is 12.6. The maximum Gasteiger partial charge on any atom is 0.306 e. The Morgan fingerprint density at radius 1 is 1.00 bits per heavy atom. The summed E-state index contributed by atoms with van der Waals surface area (Å²) in [6.45, 7) is 2.39. The Morgan fingerprint density at radius 2 is 1.57 bits per heavy atom. The molecule has 0 atom stereocenters. The molecule has 0 aliphatic heterocycles. The summed E-state index contributed by atoms with van der Waals surface area (Å²) in [5.74, 6) is -0.931. The van der Waals surface area contributed by atoms with E-state index in [-0.39, 0.29) is 17.7 Å². The van der Waals surface area contributed by atoms with Crippen LogP contribution in [0.15, 0.2) is 0 Å². The lowest BCUT2D eigenvalue weighted by Gasteiger charge is -2.31. The summed E-state index contributed by atoms with van der Waals surface area (Å²) in [6.07, 6.45) is 3.34. The molecule has 0 heterocycles. The number of hydrogen-bond donors (Lipinski definition) is 1. The van der Waals surface area contributed by atoms with Gasteiger partial charge >= 0.3 is 5.97 Å². The Bertz CT molecular complexity index is 326. The van der Waals surface area contributed by atoms with Gasteiger partial charge in [0.25, 0.3) is 0 Å². The summed E-state index contributed by atoms with van der Waals surface area (Å²) < 4.78 is 10.1. The SMILES string of the molecule is COCCCN(CCOC)C(=O)C1CCC(C(=O)O)CC1. The summed E-state index contributed by atoms with van der Waals surface area (Å²) in [6, 6.07) is 0. The van der Waals surface area contributed by atoms with Crippen molar-refractivity contribution in [2.75, 3.05) is 40.5 Å². The largest absolute Gasteiger partial charge is 0.481 e. The number of carbonyl (C=O) groups is 2. The van der Waals surface area contributed by atoms with Gasteiger partial charge in [0.2, 0.25) is 5.91 Å². The van der Waals surface area contributed by atoms with Crippen molar-refractivity contribution in [2.45, 2.75) is 32.1 Å². The number of methoxy groups -OCH3 is 2. The summed E-state index contributed by atoms with van der Waals surface area (Å²) in [4.78, 5) is 25.3. The summed E-state index contributed by atoms with van der Waals surface area (Å²) >= 11 is 0. The first-order valence-electron chi connectivity index (χ1n) is 7.59. The second kappa shape index (κ2) is 9.73. The average Bonchev–Trinajstić information content (AvgIpc) is 2.50. The summed E-state index contributed by atoms with van der Waals surface area (Å²) in [7, 11) is 3.27. The minimum absolute atomic E-state index is 0.0417. The zero-order valence-corrected chi connectivity index (χ0v) is 13.0. The molecule has 0 spiro atoms. The molecule has 1 aliphatic carbocycles. The lowest BCUT2D eigenvalue weighted by molar-refractivity contribution is -0.145. The van der Waals surface area contributed by atoms with Gasteiger partial charge in [-0.25, -0.2) is 0 Å². The average molecular weight is 301 g/mol. The predicted octanol–water partition coefficient (Wildman–Crippen LogP) is 1.39. The van der Waals surface area contributed by atoms with Gasteiger partial charge in [0, 0.05) is 39.8 Å². The highest BCUT2D eigenvalue weighted by Gasteiger charge is 2.31. The molecule has 1 rings (SSSR count). The second-order valence-corrected chi connectivity index (χ2v) is 5.55. The standard InChI is InChI=1S/C15H27NO5/c1-20-10-3-8-16(9-11-21-2)14(17)12-4-6-13(7-5-12)15(18)19/h12-13H,3-11H2,1-2H3,(H,18,19). The number of aliphatic carboxylic acids is 1. The first kappa shape index (κ1) is 17.9. The molecule has 1 N–H and O–H groups in total. The van der Waals surface area contributed by atoms with E-state index in [1.54, 1.807) is 14.2 Å². The molecule has 1 aliphatic rings. The number of carboxylic acid groups (broad SMARTS) is 1. The van der Waals surface area contributed by atoms with Crippen molar-refractivity contribution in [3.63, 3.8) is 0 Å². The Hall–Kier alpha value is -1.14. The molecule has 1 amide bonds. The first-order chi connectivity index (χ1) is 10.1. The van der Waals surface area contributed by atoms with Gasteiger partial charge in [-0.15, -0.1) is 0 Å². The lowest BCUT2D eigenvalue weighted by atomic mass is 9.81. The molecule has 1 fully saturated rings. The van der Waals surface area contributed by atoms with Crippen LogP contribution in [0.5, 0.6) is 0 Å². The Balaban J connectivity index is 2.48. The maximum atomic E-state index is 12.6. The highest BCUT2D eigenvalue weighted by Crippen LogP contribution is 2.30. The molecule has 0 aromatic carbocycles. The van der Waals surface area contributed by atoms with Gasteiger partial charge in [-0.3, -0.25) is 9.59 Å². The molecule has 0 radical (unpaired) electrons.